The average Bonchev–Trinajstić information content (AvgIpc) is 3.10. The van der Waals surface area contributed by atoms with Crippen LogP contribution in [-0.2, 0) is 6.54 Å². The summed E-state index contributed by atoms with van der Waals surface area (Å²) in [6.45, 7) is 0.565. The fourth-order valence-electron chi connectivity index (χ4n) is 2.91. The van der Waals surface area contributed by atoms with Crippen molar-refractivity contribution in [2.45, 2.75) is 6.54 Å². The van der Waals surface area contributed by atoms with E-state index < -0.39 is 0 Å². The summed E-state index contributed by atoms with van der Waals surface area (Å²) in [7, 11) is 1.64. The van der Waals surface area contributed by atoms with Crippen molar-refractivity contribution in [2.24, 2.45) is 0 Å². The Morgan fingerprint density at radius 2 is 2.04 bits per heavy atom. The van der Waals surface area contributed by atoms with Crippen molar-refractivity contribution in [3.63, 3.8) is 0 Å². The second-order valence-electron chi connectivity index (χ2n) is 5.86. The lowest BCUT2D eigenvalue weighted by Crippen LogP contribution is -2.20. The minimum Gasteiger partial charge on any atom is -0.497 e. The molecule has 0 aliphatic heterocycles. The van der Waals surface area contributed by atoms with Crippen LogP contribution in [0.3, 0.4) is 0 Å². The maximum atomic E-state index is 12.8. The van der Waals surface area contributed by atoms with E-state index in [1.165, 1.54) is 4.57 Å². The third-order valence-corrected chi connectivity index (χ3v) is 4.45. The summed E-state index contributed by atoms with van der Waals surface area (Å²) in [5, 5.41) is 4.95. The topological polar surface area (TPSA) is 64.8 Å². The molecule has 4 rings (SSSR count). The van der Waals surface area contributed by atoms with E-state index in [0.717, 1.165) is 16.8 Å². The molecule has 6 nitrogen and oxygen atoms in total. The molecule has 26 heavy (non-hydrogen) atoms. The van der Waals surface area contributed by atoms with Crippen molar-refractivity contribution in [1.82, 2.24) is 19.3 Å². The molecule has 4 aromatic rings. The van der Waals surface area contributed by atoms with Gasteiger partial charge in [-0.3, -0.25) is 9.48 Å². The summed E-state index contributed by atoms with van der Waals surface area (Å²) in [4.78, 5) is 15.9. The Kier molecular flexibility index (Phi) is 4.14. The summed E-state index contributed by atoms with van der Waals surface area (Å²) >= 11 is 5.37. The maximum Gasteiger partial charge on any atom is 0.266 e. The van der Waals surface area contributed by atoms with Gasteiger partial charge in [-0.05, 0) is 42.0 Å². The van der Waals surface area contributed by atoms with E-state index in [4.69, 9.17) is 17.0 Å². The van der Waals surface area contributed by atoms with Crippen molar-refractivity contribution in [2.75, 3.05) is 7.11 Å². The number of rotatable bonds is 4. The van der Waals surface area contributed by atoms with Crippen LogP contribution in [0.15, 0.2) is 65.7 Å². The van der Waals surface area contributed by atoms with Crippen LogP contribution >= 0.6 is 12.2 Å². The van der Waals surface area contributed by atoms with Crippen LogP contribution in [0.5, 0.6) is 5.75 Å². The molecule has 2 aromatic carbocycles. The van der Waals surface area contributed by atoms with E-state index in [1.807, 2.05) is 42.5 Å². The molecule has 0 saturated heterocycles. The zero-order valence-corrected chi connectivity index (χ0v) is 14.9. The molecular weight excluding hydrogens is 348 g/mol. The minimum absolute atomic E-state index is 0.162. The summed E-state index contributed by atoms with van der Waals surface area (Å²) in [6.07, 6.45) is 3.44. The highest BCUT2D eigenvalue weighted by molar-refractivity contribution is 7.71. The van der Waals surface area contributed by atoms with Crippen LogP contribution in [0.25, 0.3) is 16.6 Å². The van der Waals surface area contributed by atoms with E-state index in [9.17, 15) is 4.79 Å². The highest BCUT2D eigenvalue weighted by Crippen LogP contribution is 2.15. The Labute approximate surface area is 154 Å². The second kappa shape index (κ2) is 6.61. The number of fused-ring (bicyclic) bond motifs is 1. The number of benzene rings is 2. The molecule has 0 fully saturated rings. The number of nitrogens with one attached hydrogen (secondary N) is 1. The molecule has 0 spiro atoms. The van der Waals surface area contributed by atoms with E-state index in [0.29, 0.717) is 22.4 Å². The van der Waals surface area contributed by atoms with E-state index in [2.05, 4.69) is 10.1 Å². The second-order valence-corrected chi connectivity index (χ2v) is 6.25. The Morgan fingerprint density at radius 3 is 2.88 bits per heavy atom. The van der Waals surface area contributed by atoms with Crippen molar-refractivity contribution in [1.29, 1.82) is 0 Å². The van der Waals surface area contributed by atoms with E-state index >= 15 is 0 Å². The molecule has 0 aliphatic carbocycles. The SMILES string of the molecule is COc1cccc(Cn2cc(-n3c(=S)[nH]c4ccccc4c3=O)cn2)c1. The molecular formula is C19H16N4O2S. The summed E-state index contributed by atoms with van der Waals surface area (Å²) in [5.41, 5.74) is 2.24. The summed E-state index contributed by atoms with van der Waals surface area (Å²) in [5.74, 6) is 0.795. The van der Waals surface area contributed by atoms with E-state index in [-0.39, 0.29) is 5.56 Å². The molecule has 0 unspecified atom stereocenters. The summed E-state index contributed by atoms with van der Waals surface area (Å²) in [6, 6.07) is 15.1. The van der Waals surface area contributed by atoms with Crippen LogP contribution in [0.1, 0.15) is 5.56 Å². The molecule has 0 atom stereocenters. The molecule has 130 valence electrons. The third kappa shape index (κ3) is 2.93. The molecule has 0 aliphatic rings. The first kappa shape index (κ1) is 16.3. The predicted octanol–water partition coefficient (Wildman–Crippen LogP) is 3.30. The highest BCUT2D eigenvalue weighted by atomic mass is 32.1. The Morgan fingerprint density at radius 1 is 1.19 bits per heavy atom. The number of H-pyrrole nitrogens is 1. The minimum atomic E-state index is -0.162. The zero-order chi connectivity index (χ0) is 18.1. The highest BCUT2D eigenvalue weighted by Gasteiger charge is 2.09. The quantitative estimate of drug-likeness (QED) is 0.564. The number of ether oxygens (including phenoxy) is 1. The molecule has 0 saturated carbocycles. The monoisotopic (exact) mass is 364 g/mol. The van der Waals surface area contributed by atoms with Crippen molar-refractivity contribution < 1.29 is 4.74 Å². The first-order valence-corrected chi connectivity index (χ1v) is 8.46. The lowest BCUT2D eigenvalue weighted by molar-refractivity contribution is 0.414. The number of aromatic nitrogens is 4. The number of nitrogens with zero attached hydrogens (tertiary/aromatic N) is 3. The van der Waals surface area contributed by atoms with Gasteiger partial charge in [-0.1, -0.05) is 24.3 Å². The van der Waals surface area contributed by atoms with Crippen molar-refractivity contribution in [3.05, 3.63) is 81.6 Å². The van der Waals surface area contributed by atoms with Crippen LogP contribution in [0.2, 0.25) is 0 Å². The summed E-state index contributed by atoms with van der Waals surface area (Å²) < 4.78 is 8.82. The largest absolute Gasteiger partial charge is 0.497 e. The van der Waals surface area contributed by atoms with Crippen LogP contribution in [-0.4, -0.2) is 26.4 Å². The van der Waals surface area contributed by atoms with Gasteiger partial charge in [0.25, 0.3) is 5.56 Å². The molecule has 0 bridgehead atoms. The predicted molar refractivity (Wildman–Crippen MR) is 103 cm³/mol. The average molecular weight is 364 g/mol. The zero-order valence-electron chi connectivity index (χ0n) is 14.0. The normalized spacial score (nSPS) is 11.0. The number of hydrogen-bond acceptors (Lipinski definition) is 4. The van der Waals surface area contributed by atoms with Crippen LogP contribution in [0, 0.1) is 4.77 Å². The third-order valence-electron chi connectivity index (χ3n) is 4.16. The van der Waals surface area contributed by atoms with Gasteiger partial charge in [0, 0.05) is 6.20 Å². The van der Waals surface area contributed by atoms with Crippen LogP contribution < -0.4 is 10.3 Å². The van der Waals surface area contributed by atoms with Gasteiger partial charge in [0.05, 0.1) is 36.4 Å². The van der Waals surface area contributed by atoms with Gasteiger partial charge in [-0.15, -0.1) is 0 Å². The molecule has 7 heteroatoms. The number of aromatic amines is 1. The van der Waals surface area contributed by atoms with E-state index in [1.54, 1.807) is 30.3 Å². The fourth-order valence-corrected chi connectivity index (χ4v) is 3.21. The number of hydrogen-bond donors (Lipinski definition) is 1. The maximum absolute atomic E-state index is 12.8. The molecule has 0 radical (unpaired) electrons. The molecule has 0 amide bonds. The number of methoxy groups -OCH3 is 1. The van der Waals surface area contributed by atoms with Gasteiger partial charge in [-0.2, -0.15) is 5.10 Å². The van der Waals surface area contributed by atoms with Crippen LogP contribution in [0.4, 0.5) is 0 Å². The lowest BCUT2D eigenvalue weighted by atomic mass is 10.2. The first-order valence-electron chi connectivity index (χ1n) is 8.05. The lowest BCUT2D eigenvalue weighted by Gasteiger charge is -2.06. The smallest absolute Gasteiger partial charge is 0.266 e. The Hall–Kier alpha value is -3.19. The van der Waals surface area contributed by atoms with Gasteiger partial charge in [-0.25, -0.2) is 4.57 Å². The van der Waals surface area contributed by atoms with Gasteiger partial charge in [0.2, 0.25) is 0 Å². The van der Waals surface area contributed by atoms with Gasteiger partial charge < -0.3 is 9.72 Å². The first-order chi connectivity index (χ1) is 12.7. The molecule has 1 N–H and O–H groups in total. The standard InChI is InChI=1S/C19H16N4O2S/c1-25-15-6-4-5-13(9-15)11-22-12-14(10-20-22)23-18(24)16-7-2-3-8-17(16)21-19(23)26/h2-10,12H,11H2,1H3,(H,21,26). The van der Waals surface area contributed by atoms with Crippen molar-refractivity contribution >= 4 is 23.1 Å². The fraction of sp³-hybridized carbons (Fsp3) is 0.105. The van der Waals surface area contributed by atoms with Gasteiger partial charge >= 0.3 is 0 Å². The molecule has 2 aromatic heterocycles. The van der Waals surface area contributed by atoms with Crippen molar-refractivity contribution in [3.8, 4) is 11.4 Å². The Balaban J connectivity index is 1.73. The number of para-hydroxylation sites is 1. The van der Waals surface area contributed by atoms with Gasteiger partial charge in [0.1, 0.15) is 5.75 Å². The van der Waals surface area contributed by atoms with Gasteiger partial charge in [0.15, 0.2) is 4.77 Å². The Bertz CT molecular complexity index is 1210. The molecule has 2 heterocycles.